The SMILES string of the molecule is CC1(C)SSCCC(=O)N[C@@H](CCCCN=C(N)c2ccccc2)C(=O)NCC(=O)N[C@@H](CC(=O)O)C(=O)N[C@@H](Cc2c[nH]c3ccccc23)C(=O)N2CCC[C@H]2C(=O)N[C@@H]1C(N)=O. The summed E-state index contributed by atoms with van der Waals surface area (Å²) >= 11 is 0. The highest BCUT2D eigenvalue weighted by Gasteiger charge is 2.43. The second kappa shape index (κ2) is 23.0. The molecule has 0 aliphatic carbocycles. The van der Waals surface area contributed by atoms with Crippen LogP contribution in [0.1, 0.15) is 69.9 Å². The second-order valence-corrected chi connectivity index (χ2v) is 19.2. The van der Waals surface area contributed by atoms with Crippen LogP contribution in [0.4, 0.5) is 0 Å². The van der Waals surface area contributed by atoms with Crippen molar-refractivity contribution in [1.29, 1.82) is 0 Å². The minimum Gasteiger partial charge on any atom is -0.481 e. The molecule has 1 aromatic heterocycles. The van der Waals surface area contributed by atoms with Crippen molar-refractivity contribution in [3.8, 4) is 0 Å². The van der Waals surface area contributed by atoms with Gasteiger partial charge in [-0.05, 0) is 57.6 Å². The number of aliphatic imine (C=N–C) groups is 1. The van der Waals surface area contributed by atoms with Crippen LogP contribution < -0.4 is 38.1 Å². The number of amides is 7. The highest BCUT2D eigenvalue weighted by atomic mass is 33.1. The molecule has 64 heavy (non-hydrogen) atoms. The van der Waals surface area contributed by atoms with Gasteiger partial charge in [0.1, 0.15) is 36.0 Å². The number of carboxylic acids is 1. The number of hydrogen-bond acceptors (Lipinski definition) is 11. The molecule has 11 N–H and O–H groups in total. The summed E-state index contributed by atoms with van der Waals surface area (Å²) in [7, 11) is 2.50. The molecule has 0 saturated carbocycles. The molecule has 344 valence electrons. The lowest BCUT2D eigenvalue weighted by Gasteiger charge is -2.34. The average molecular weight is 921 g/mol. The molecule has 5 atom stereocenters. The quantitative estimate of drug-likeness (QED) is 0.0560. The minimum absolute atomic E-state index is 0.0334. The van der Waals surface area contributed by atoms with Crippen LogP contribution in [-0.4, -0.2) is 128 Å². The predicted octanol–water partition coefficient (Wildman–Crippen LogP) is 0.856. The van der Waals surface area contributed by atoms with Crippen LogP contribution in [0.15, 0.2) is 65.8 Å². The molecular formula is C43H56N10O9S2. The second-order valence-electron chi connectivity index (χ2n) is 16.1. The first-order valence-corrected chi connectivity index (χ1v) is 23.4. The van der Waals surface area contributed by atoms with Crippen LogP contribution >= 0.6 is 21.6 Å². The Balaban J connectivity index is 1.39. The number of carbonyl (C=O) groups is 8. The summed E-state index contributed by atoms with van der Waals surface area (Å²) < 4.78 is -0.995. The molecule has 2 aliphatic heterocycles. The Bertz CT molecular complexity index is 2220. The van der Waals surface area contributed by atoms with Crippen molar-refractivity contribution in [1.82, 2.24) is 36.5 Å². The number of amidine groups is 1. The van der Waals surface area contributed by atoms with E-state index in [0.717, 1.165) is 16.5 Å². The molecule has 5 rings (SSSR count). The van der Waals surface area contributed by atoms with Crippen molar-refractivity contribution in [3.05, 3.63) is 71.9 Å². The van der Waals surface area contributed by atoms with E-state index in [1.54, 1.807) is 26.1 Å². The molecule has 0 unspecified atom stereocenters. The zero-order chi connectivity index (χ0) is 46.4. The molecule has 19 nitrogen and oxygen atoms in total. The van der Waals surface area contributed by atoms with Gasteiger partial charge >= 0.3 is 5.97 Å². The van der Waals surface area contributed by atoms with E-state index in [-0.39, 0.29) is 38.0 Å². The Morgan fingerprint density at radius 1 is 0.859 bits per heavy atom. The van der Waals surface area contributed by atoms with E-state index in [4.69, 9.17) is 11.5 Å². The van der Waals surface area contributed by atoms with Gasteiger partial charge in [0.05, 0.1) is 13.0 Å². The zero-order valence-electron chi connectivity index (χ0n) is 35.7. The standard InChI is InChI=1S/C43H56N10O9S2/c1-43(2)36(38(45)58)52-41(61)32-16-10-19-53(32)42(62)31(21-26-23-47-28-14-7-6-13-27(26)28)51-40(60)30(22-35(56)57)50-34(55)24-48-39(59)29(49-33(54)17-20-63-64-43)15-8-9-18-46-37(44)25-11-4-3-5-12-25/h3-7,11-14,23,29-32,36,47H,8-10,15-22,24H2,1-2H3,(H2,44,46)(H2,45,58)(H,48,59)(H,49,54)(H,50,55)(H,51,60)(H,52,61)(H,56,57)/t29-,30-,31-,32-,36+/m0/s1. The van der Waals surface area contributed by atoms with Crippen molar-refractivity contribution in [2.75, 3.05) is 25.4 Å². The summed E-state index contributed by atoms with van der Waals surface area (Å²) in [6.07, 6.45) is 2.50. The van der Waals surface area contributed by atoms with Gasteiger partial charge in [0.15, 0.2) is 0 Å². The Morgan fingerprint density at radius 3 is 2.31 bits per heavy atom. The summed E-state index contributed by atoms with van der Waals surface area (Å²) in [6, 6.07) is 10.2. The third-order valence-corrected chi connectivity index (χ3v) is 14.2. The first-order valence-electron chi connectivity index (χ1n) is 21.0. The van der Waals surface area contributed by atoms with Crippen LogP contribution in [0.25, 0.3) is 10.9 Å². The van der Waals surface area contributed by atoms with Gasteiger partial charge < -0.3 is 53.0 Å². The summed E-state index contributed by atoms with van der Waals surface area (Å²) in [5.41, 5.74) is 14.1. The largest absolute Gasteiger partial charge is 0.481 e. The van der Waals surface area contributed by atoms with Crippen molar-refractivity contribution in [2.45, 2.75) is 100 Å². The van der Waals surface area contributed by atoms with E-state index in [1.807, 2.05) is 48.5 Å². The summed E-state index contributed by atoms with van der Waals surface area (Å²) in [4.78, 5) is 116. The van der Waals surface area contributed by atoms with E-state index >= 15 is 0 Å². The van der Waals surface area contributed by atoms with Crippen LogP contribution in [0.3, 0.4) is 0 Å². The fourth-order valence-electron chi connectivity index (χ4n) is 7.51. The summed E-state index contributed by atoms with van der Waals surface area (Å²) in [5, 5.41) is 23.5. The molecular weight excluding hydrogens is 865 g/mol. The number of nitrogens with zero attached hydrogens (tertiary/aromatic N) is 2. The molecule has 2 saturated heterocycles. The number of nitrogens with one attached hydrogen (secondary N) is 6. The number of rotatable bonds is 11. The van der Waals surface area contributed by atoms with Gasteiger partial charge in [0.25, 0.3) is 0 Å². The Morgan fingerprint density at radius 2 is 1.58 bits per heavy atom. The fraction of sp³-hybridized carbons (Fsp3) is 0.465. The van der Waals surface area contributed by atoms with Crippen molar-refractivity contribution in [3.63, 3.8) is 0 Å². The number of fused-ring (bicyclic) bond motifs is 2. The molecule has 0 spiro atoms. The third-order valence-electron chi connectivity index (χ3n) is 10.9. The maximum absolute atomic E-state index is 14.5. The number of nitrogens with two attached hydrogens (primary N) is 2. The maximum Gasteiger partial charge on any atom is 0.305 e. The highest BCUT2D eigenvalue weighted by molar-refractivity contribution is 8.77. The van der Waals surface area contributed by atoms with Crippen molar-refractivity contribution >= 4 is 85.6 Å². The summed E-state index contributed by atoms with van der Waals surface area (Å²) in [6.45, 7) is 3.25. The molecule has 2 aromatic carbocycles. The molecule has 3 aromatic rings. The van der Waals surface area contributed by atoms with Crippen molar-refractivity contribution in [2.24, 2.45) is 16.5 Å². The number of unbranched alkanes of at least 4 members (excludes halogenated alkanes) is 1. The van der Waals surface area contributed by atoms with E-state index in [9.17, 15) is 43.5 Å². The number of carbonyl (C=O) groups excluding carboxylic acids is 7. The molecule has 2 fully saturated rings. The number of primary amides is 1. The van der Waals surface area contributed by atoms with Crippen molar-refractivity contribution < 1.29 is 43.5 Å². The minimum atomic E-state index is -1.69. The lowest BCUT2D eigenvalue weighted by Crippen LogP contribution is -2.60. The lowest BCUT2D eigenvalue weighted by molar-refractivity contribution is -0.143. The van der Waals surface area contributed by atoms with E-state index in [1.165, 1.54) is 26.5 Å². The number of aliphatic carboxylic acids is 1. The van der Waals surface area contributed by atoms with Crippen LogP contribution in [-0.2, 0) is 44.8 Å². The highest BCUT2D eigenvalue weighted by Crippen LogP contribution is 2.38. The molecule has 2 aliphatic rings. The number of benzene rings is 2. The molecule has 3 heterocycles. The monoisotopic (exact) mass is 920 g/mol. The normalized spacial score (nSPS) is 23.6. The van der Waals surface area contributed by atoms with Gasteiger partial charge in [-0.25, -0.2) is 0 Å². The van der Waals surface area contributed by atoms with Gasteiger partial charge in [-0.15, -0.1) is 0 Å². The average Bonchev–Trinajstić information content (AvgIpc) is 3.92. The number of aromatic nitrogens is 1. The molecule has 0 radical (unpaired) electrons. The van der Waals surface area contributed by atoms with Crippen LogP contribution in [0, 0.1) is 0 Å². The first kappa shape index (κ1) is 48.9. The Hall–Kier alpha value is -6.09. The fourth-order valence-corrected chi connectivity index (χ4v) is 10.1. The molecule has 21 heteroatoms. The number of H-pyrrole nitrogens is 1. The van der Waals surface area contributed by atoms with Crippen LogP contribution in [0.2, 0.25) is 0 Å². The Kier molecular flexibility index (Phi) is 17.6. The lowest BCUT2D eigenvalue weighted by atomic mass is 10.0. The van der Waals surface area contributed by atoms with Gasteiger partial charge in [-0.3, -0.25) is 43.3 Å². The maximum atomic E-state index is 14.5. The number of aromatic amines is 1. The topological polar surface area (TPSA) is 300 Å². The smallest absolute Gasteiger partial charge is 0.305 e. The first-order chi connectivity index (χ1) is 30.5. The number of para-hydroxylation sites is 1. The number of hydrogen-bond donors (Lipinski definition) is 9. The molecule has 7 amide bonds. The van der Waals surface area contributed by atoms with Crippen LogP contribution in [0.5, 0.6) is 0 Å². The Labute approximate surface area is 378 Å². The predicted molar refractivity (Wildman–Crippen MR) is 244 cm³/mol. The number of carboxylic acid groups (broad SMARTS) is 1. The third kappa shape index (κ3) is 13.7. The van der Waals surface area contributed by atoms with E-state index < -0.39 is 95.2 Å². The molecule has 0 bridgehead atoms. The zero-order valence-corrected chi connectivity index (χ0v) is 37.4. The van der Waals surface area contributed by atoms with Gasteiger partial charge in [-0.2, -0.15) is 0 Å². The van der Waals surface area contributed by atoms with E-state index in [0.29, 0.717) is 37.2 Å². The van der Waals surface area contributed by atoms with Gasteiger partial charge in [-0.1, -0.05) is 70.1 Å². The van der Waals surface area contributed by atoms with E-state index in [2.05, 4.69) is 36.6 Å². The summed E-state index contributed by atoms with van der Waals surface area (Å²) in [5.74, 6) is -5.97. The van der Waals surface area contributed by atoms with Gasteiger partial charge in [0, 0.05) is 59.1 Å². The van der Waals surface area contributed by atoms with Gasteiger partial charge in [0.2, 0.25) is 41.4 Å².